The maximum absolute atomic E-state index is 14.0. The lowest BCUT2D eigenvalue weighted by Crippen LogP contribution is -2.50. The number of amides is 2. The molecule has 32 heavy (non-hydrogen) atoms. The normalized spacial score (nSPS) is 13.4. The quantitative estimate of drug-likeness (QED) is 0.592. The van der Waals surface area contributed by atoms with Crippen LogP contribution in [0.25, 0.3) is 0 Å². The summed E-state index contributed by atoms with van der Waals surface area (Å²) in [4.78, 5) is 28.3. The van der Waals surface area contributed by atoms with Crippen LogP contribution in [-0.2, 0) is 4.79 Å². The van der Waals surface area contributed by atoms with Gasteiger partial charge in [-0.05, 0) is 36.8 Å². The summed E-state index contributed by atoms with van der Waals surface area (Å²) in [7, 11) is 1.50. The third-order valence-electron chi connectivity index (χ3n) is 5.16. The molecule has 3 rings (SSSR count). The van der Waals surface area contributed by atoms with Crippen LogP contribution >= 0.6 is 11.6 Å². The molecule has 2 aromatic carbocycles. The molecule has 0 aromatic heterocycles. The minimum absolute atomic E-state index is 0.0265. The molecule has 7 nitrogen and oxygen atoms in total. The molecule has 168 valence electrons. The van der Waals surface area contributed by atoms with Gasteiger partial charge < -0.3 is 19.3 Å². The SMILES string of the molecule is COc1cc(C#N)ccc1OCCCC(=O)N1CCN(C(=O)c2cc(Cl)ccc2F)CC1. The number of ether oxygens (including phenoxy) is 2. The summed E-state index contributed by atoms with van der Waals surface area (Å²) in [6.45, 7) is 1.75. The molecule has 0 spiro atoms. The van der Waals surface area contributed by atoms with E-state index >= 15 is 0 Å². The first kappa shape index (κ1) is 23.4. The van der Waals surface area contributed by atoms with Gasteiger partial charge in [0.2, 0.25) is 5.91 Å². The van der Waals surface area contributed by atoms with Crippen molar-refractivity contribution in [3.05, 3.63) is 58.4 Å². The Balaban J connectivity index is 1.44. The van der Waals surface area contributed by atoms with Gasteiger partial charge in [-0.1, -0.05) is 11.6 Å². The van der Waals surface area contributed by atoms with Crippen LogP contribution in [0.15, 0.2) is 36.4 Å². The van der Waals surface area contributed by atoms with Crippen molar-refractivity contribution in [1.29, 1.82) is 5.26 Å². The molecule has 1 aliphatic rings. The Morgan fingerprint density at radius 1 is 1.09 bits per heavy atom. The van der Waals surface area contributed by atoms with Crippen molar-refractivity contribution < 1.29 is 23.5 Å². The Kier molecular flexibility index (Phi) is 7.90. The van der Waals surface area contributed by atoms with E-state index in [1.807, 2.05) is 6.07 Å². The number of benzene rings is 2. The first-order chi connectivity index (χ1) is 15.4. The molecule has 1 aliphatic heterocycles. The Labute approximate surface area is 190 Å². The van der Waals surface area contributed by atoms with Gasteiger partial charge >= 0.3 is 0 Å². The van der Waals surface area contributed by atoms with Gasteiger partial charge in [-0.15, -0.1) is 0 Å². The van der Waals surface area contributed by atoms with E-state index in [9.17, 15) is 14.0 Å². The van der Waals surface area contributed by atoms with Crippen LogP contribution in [0.5, 0.6) is 11.5 Å². The zero-order valence-corrected chi connectivity index (χ0v) is 18.4. The Morgan fingerprint density at radius 3 is 2.50 bits per heavy atom. The highest BCUT2D eigenvalue weighted by Gasteiger charge is 2.26. The molecule has 2 aromatic rings. The summed E-state index contributed by atoms with van der Waals surface area (Å²) in [6.07, 6.45) is 0.810. The molecule has 0 aliphatic carbocycles. The summed E-state index contributed by atoms with van der Waals surface area (Å²) < 4.78 is 24.9. The molecule has 2 amide bonds. The molecule has 0 atom stereocenters. The van der Waals surface area contributed by atoms with Gasteiger partial charge in [0.25, 0.3) is 5.91 Å². The molecule has 1 fully saturated rings. The maximum atomic E-state index is 14.0. The van der Waals surface area contributed by atoms with Crippen molar-refractivity contribution in [2.24, 2.45) is 0 Å². The lowest BCUT2D eigenvalue weighted by atomic mass is 10.1. The summed E-state index contributed by atoms with van der Waals surface area (Å²) >= 11 is 5.87. The van der Waals surface area contributed by atoms with Crippen molar-refractivity contribution in [2.75, 3.05) is 39.9 Å². The second kappa shape index (κ2) is 10.8. The van der Waals surface area contributed by atoms with Crippen LogP contribution in [0, 0.1) is 17.1 Å². The fourth-order valence-corrected chi connectivity index (χ4v) is 3.58. The van der Waals surface area contributed by atoms with E-state index in [2.05, 4.69) is 0 Å². The minimum atomic E-state index is -0.614. The van der Waals surface area contributed by atoms with Crippen LogP contribution in [-0.4, -0.2) is 61.5 Å². The minimum Gasteiger partial charge on any atom is -0.493 e. The number of nitrogens with zero attached hydrogens (tertiary/aromatic N) is 3. The third-order valence-corrected chi connectivity index (χ3v) is 5.40. The van der Waals surface area contributed by atoms with Gasteiger partial charge in [-0.2, -0.15) is 5.26 Å². The third kappa shape index (κ3) is 5.68. The molecule has 0 unspecified atom stereocenters. The fourth-order valence-electron chi connectivity index (χ4n) is 3.41. The lowest BCUT2D eigenvalue weighted by molar-refractivity contribution is -0.132. The number of nitriles is 1. The maximum Gasteiger partial charge on any atom is 0.257 e. The second-order valence-corrected chi connectivity index (χ2v) is 7.66. The smallest absolute Gasteiger partial charge is 0.257 e. The van der Waals surface area contributed by atoms with Crippen molar-refractivity contribution in [2.45, 2.75) is 12.8 Å². The highest BCUT2D eigenvalue weighted by Crippen LogP contribution is 2.28. The van der Waals surface area contributed by atoms with Crippen LogP contribution in [0.2, 0.25) is 5.02 Å². The van der Waals surface area contributed by atoms with Crippen LogP contribution in [0.1, 0.15) is 28.8 Å². The van der Waals surface area contributed by atoms with Gasteiger partial charge in [0.1, 0.15) is 5.82 Å². The Bertz CT molecular complexity index is 1030. The van der Waals surface area contributed by atoms with Gasteiger partial charge in [0.05, 0.1) is 30.9 Å². The molecule has 0 bridgehead atoms. The molecule has 1 heterocycles. The first-order valence-electron chi connectivity index (χ1n) is 10.2. The van der Waals surface area contributed by atoms with Gasteiger partial charge in [0, 0.05) is 43.7 Å². The van der Waals surface area contributed by atoms with Crippen LogP contribution in [0.4, 0.5) is 4.39 Å². The topological polar surface area (TPSA) is 82.9 Å². The zero-order chi connectivity index (χ0) is 23.1. The number of carbonyl (C=O) groups excluding carboxylic acids is 2. The number of carbonyl (C=O) groups is 2. The van der Waals surface area contributed by atoms with E-state index < -0.39 is 11.7 Å². The number of piperazine rings is 1. The standard InChI is InChI=1S/C23H23ClFN3O4/c1-31-21-13-16(15-26)4-7-20(21)32-12-2-3-22(29)27-8-10-28(11-9-27)23(30)18-14-17(24)5-6-19(18)25/h4-7,13-14H,2-3,8-12H2,1H3. The van der Waals surface area contributed by atoms with Gasteiger partial charge in [-0.3, -0.25) is 9.59 Å². The predicted molar refractivity (Wildman–Crippen MR) is 116 cm³/mol. The lowest BCUT2D eigenvalue weighted by Gasteiger charge is -2.35. The first-order valence-corrected chi connectivity index (χ1v) is 10.5. The van der Waals surface area contributed by atoms with Gasteiger partial charge in [0.15, 0.2) is 11.5 Å². The Morgan fingerprint density at radius 2 is 1.81 bits per heavy atom. The van der Waals surface area contributed by atoms with Crippen molar-refractivity contribution in [3.8, 4) is 17.6 Å². The highest BCUT2D eigenvalue weighted by molar-refractivity contribution is 6.31. The highest BCUT2D eigenvalue weighted by atomic mass is 35.5. The second-order valence-electron chi connectivity index (χ2n) is 7.23. The largest absolute Gasteiger partial charge is 0.493 e. The van der Waals surface area contributed by atoms with Crippen LogP contribution < -0.4 is 9.47 Å². The number of hydrogen-bond donors (Lipinski definition) is 0. The average Bonchev–Trinajstić information content (AvgIpc) is 2.82. The molecule has 0 radical (unpaired) electrons. The summed E-state index contributed by atoms with van der Waals surface area (Å²) in [5, 5.41) is 9.24. The monoisotopic (exact) mass is 459 g/mol. The molecular weight excluding hydrogens is 437 g/mol. The van der Waals surface area contributed by atoms with Gasteiger partial charge in [-0.25, -0.2) is 4.39 Å². The molecule has 0 saturated carbocycles. The average molecular weight is 460 g/mol. The summed E-state index contributed by atoms with van der Waals surface area (Å²) in [5.41, 5.74) is 0.410. The van der Waals surface area contributed by atoms with Crippen molar-refractivity contribution in [3.63, 3.8) is 0 Å². The number of methoxy groups -OCH3 is 1. The summed E-state index contributed by atoms with van der Waals surface area (Å²) in [6, 6.07) is 10.8. The van der Waals surface area contributed by atoms with E-state index in [1.165, 1.54) is 30.2 Å². The fraction of sp³-hybridized carbons (Fsp3) is 0.348. The number of hydrogen-bond acceptors (Lipinski definition) is 5. The van der Waals surface area contributed by atoms with E-state index in [-0.39, 0.29) is 11.5 Å². The van der Waals surface area contributed by atoms with Crippen molar-refractivity contribution in [1.82, 2.24) is 9.80 Å². The van der Waals surface area contributed by atoms with E-state index in [0.29, 0.717) is 67.7 Å². The number of rotatable bonds is 7. The predicted octanol–water partition coefficient (Wildman–Crippen LogP) is 3.50. The zero-order valence-electron chi connectivity index (χ0n) is 17.6. The van der Waals surface area contributed by atoms with E-state index in [4.69, 9.17) is 26.3 Å². The van der Waals surface area contributed by atoms with Crippen LogP contribution in [0.3, 0.4) is 0 Å². The molecule has 1 saturated heterocycles. The molecule has 9 heteroatoms. The number of halogens is 2. The molecular formula is C23H23ClFN3O4. The van der Waals surface area contributed by atoms with E-state index in [1.54, 1.807) is 23.1 Å². The Hall–Kier alpha value is -3.31. The summed E-state index contributed by atoms with van der Waals surface area (Å²) in [5.74, 6) is -0.0910. The van der Waals surface area contributed by atoms with E-state index in [0.717, 1.165) is 0 Å². The molecule has 0 N–H and O–H groups in total. The van der Waals surface area contributed by atoms with Crippen molar-refractivity contribution >= 4 is 23.4 Å².